The second-order valence-corrected chi connectivity index (χ2v) is 6.30. The number of nitrogens with two attached hydrogens (primary N) is 1. The van der Waals surface area contributed by atoms with Crippen molar-refractivity contribution in [1.82, 2.24) is 0 Å². The Morgan fingerprint density at radius 2 is 1.80 bits per heavy atom. The second kappa shape index (κ2) is 8.87. The second-order valence-electron chi connectivity index (χ2n) is 6.30. The Morgan fingerprint density at radius 1 is 1.08 bits per heavy atom. The molecule has 0 heterocycles. The number of anilines is 2. The lowest BCUT2D eigenvalue weighted by molar-refractivity contribution is -0.114. The van der Waals surface area contributed by atoms with Crippen LogP contribution in [0, 0.1) is 0 Å². The molecule has 0 spiro atoms. The maximum absolute atomic E-state index is 11.0. The van der Waals surface area contributed by atoms with Crippen molar-refractivity contribution in [3.05, 3.63) is 59.7 Å². The topological polar surface area (TPSA) is 79.5 Å². The molecule has 0 saturated heterocycles. The third-order valence-electron chi connectivity index (χ3n) is 3.78. The predicted molar refractivity (Wildman–Crippen MR) is 105 cm³/mol. The summed E-state index contributed by atoms with van der Waals surface area (Å²) in [5.74, 6) is 0.814. The van der Waals surface area contributed by atoms with Gasteiger partial charge in [0.1, 0.15) is 0 Å². The number of nitrogens with one attached hydrogen (secondary N) is 2. The first kappa shape index (κ1) is 18.5. The third-order valence-corrected chi connectivity index (χ3v) is 3.78. The normalized spacial score (nSPS) is 11.4. The molecule has 25 heavy (non-hydrogen) atoms. The van der Waals surface area contributed by atoms with Crippen LogP contribution in [-0.4, -0.2) is 18.4 Å². The van der Waals surface area contributed by atoms with Crippen LogP contribution in [-0.2, 0) is 11.2 Å². The van der Waals surface area contributed by atoms with Gasteiger partial charge in [0.2, 0.25) is 5.91 Å². The molecule has 2 rings (SSSR count). The van der Waals surface area contributed by atoms with Crippen molar-refractivity contribution in [2.75, 3.05) is 17.2 Å². The fourth-order valence-electron chi connectivity index (χ4n) is 2.43. The Hall–Kier alpha value is -2.82. The Balaban J connectivity index is 1.87. The number of hydrogen-bond acceptors (Lipinski definition) is 2. The molecule has 0 bridgehead atoms. The van der Waals surface area contributed by atoms with Gasteiger partial charge in [0.05, 0.1) is 0 Å². The van der Waals surface area contributed by atoms with Crippen molar-refractivity contribution >= 4 is 23.2 Å². The van der Waals surface area contributed by atoms with E-state index in [-0.39, 0.29) is 5.91 Å². The quantitative estimate of drug-likeness (QED) is 0.554. The molecule has 0 fully saturated rings. The van der Waals surface area contributed by atoms with Gasteiger partial charge in [-0.1, -0.05) is 38.1 Å². The molecule has 5 nitrogen and oxygen atoms in total. The van der Waals surface area contributed by atoms with E-state index in [2.05, 4.69) is 41.6 Å². The molecule has 1 amide bonds. The summed E-state index contributed by atoms with van der Waals surface area (Å²) in [6, 6.07) is 15.9. The number of aliphatic imine (C=N–C) groups is 1. The van der Waals surface area contributed by atoms with E-state index in [4.69, 9.17) is 5.73 Å². The molecule has 2 aromatic carbocycles. The summed E-state index contributed by atoms with van der Waals surface area (Å²) in [6.45, 7) is 6.42. The Labute approximate surface area is 149 Å². The highest BCUT2D eigenvalue weighted by molar-refractivity contribution is 5.92. The minimum atomic E-state index is -0.0715. The Kier molecular flexibility index (Phi) is 6.57. The van der Waals surface area contributed by atoms with E-state index in [9.17, 15) is 4.79 Å². The van der Waals surface area contributed by atoms with Crippen LogP contribution in [0.2, 0.25) is 0 Å². The smallest absolute Gasteiger partial charge is 0.221 e. The van der Waals surface area contributed by atoms with Crippen LogP contribution < -0.4 is 16.4 Å². The summed E-state index contributed by atoms with van der Waals surface area (Å²) in [6.07, 6.45) is 0.786. The van der Waals surface area contributed by atoms with Crippen molar-refractivity contribution < 1.29 is 4.79 Å². The SMILES string of the molecule is CC(=O)Nc1ccc(CCN=C(N)Nc2cccc(C(C)C)c2)cc1. The van der Waals surface area contributed by atoms with E-state index in [1.807, 2.05) is 36.4 Å². The van der Waals surface area contributed by atoms with E-state index < -0.39 is 0 Å². The van der Waals surface area contributed by atoms with Crippen LogP contribution in [0.15, 0.2) is 53.5 Å². The molecule has 2 aromatic rings. The average Bonchev–Trinajstić information content (AvgIpc) is 2.56. The standard InChI is InChI=1S/C20H26N4O/c1-14(2)17-5-4-6-19(13-17)24-20(21)22-12-11-16-7-9-18(10-8-16)23-15(3)25/h4-10,13-14H,11-12H2,1-3H3,(H,23,25)(H3,21,22,24). The molecule has 0 unspecified atom stereocenters. The van der Waals surface area contributed by atoms with Gasteiger partial charge in [-0.05, 0) is 47.7 Å². The summed E-state index contributed by atoms with van der Waals surface area (Å²) >= 11 is 0. The van der Waals surface area contributed by atoms with Crippen LogP contribution in [0.1, 0.15) is 37.8 Å². The first-order valence-electron chi connectivity index (χ1n) is 8.47. The Bertz CT molecular complexity index is 736. The molecule has 132 valence electrons. The fourth-order valence-corrected chi connectivity index (χ4v) is 2.43. The first-order chi connectivity index (χ1) is 11.9. The number of nitrogens with zero attached hydrogens (tertiary/aromatic N) is 1. The van der Waals surface area contributed by atoms with Gasteiger partial charge in [0.15, 0.2) is 5.96 Å². The molecule has 0 saturated carbocycles. The van der Waals surface area contributed by atoms with Crippen LogP contribution >= 0.6 is 0 Å². The summed E-state index contributed by atoms with van der Waals surface area (Å²) in [4.78, 5) is 15.4. The van der Waals surface area contributed by atoms with E-state index in [0.29, 0.717) is 18.4 Å². The number of carbonyl (C=O) groups excluding carboxylic acids is 1. The number of carbonyl (C=O) groups is 1. The summed E-state index contributed by atoms with van der Waals surface area (Å²) < 4.78 is 0. The van der Waals surface area contributed by atoms with Gasteiger partial charge in [-0.3, -0.25) is 9.79 Å². The van der Waals surface area contributed by atoms with E-state index in [0.717, 1.165) is 23.4 Å². The van der Waals surface area contributed by atoms with Gasteiger partial charge in [-0.15, -0.1) is 0 Å². The highest BCUT2D eigenvalue weighted by Gasteiger charge is 2.01. The molecule has 0 atom stereocenters. The van der Waals surface area contributed by atoms with Gasteiger partial charge in [-0.2, -0.15) is 0 Å². The maximum Gasteiger partial charge on any atom is 0.221 e. The lowest BCUT2D eigenvalue weighted by Gasteiger charge is -2.10. The highest BCUT2D eigenvalue weighted by atomic mass is 16.1. The number of benzene rings is 2. The van der Waals surface area contributed by atoms with E-state index >= 15 is 0 Å². The molecule has 4 N–H and O–H groups in total. The number of rotatable bonds is 6. The summed E-state index contributed by atoms with van der Waals surface area (Å²) in [7, 11) is 0. The summed E-state index contributed by atoms with van der Waals surface area (Å²) in [5.41, 5.74) is 10.1. The molecular formula is C20H26N4O. The molecule has 0 aliphatic heterocycles. The van der Waals surface area contributed by atoms with Gasteiger partial charge in [0, 0.05) is 24.8 Å². The van der Waals surface area contributed by atoms with Crippen molar-refractivity contribution in [3.8, 4) is 0 Å². The minimum Gasteiger partial charge on any atom is -0.370 e. The lowest BCUT2D eigenvalue weighted by atomic mass is 10.0. The Morgan fingerprint density at radius 3 is 2.44 bits per heavy atom. The largest absolute Gasteiger partial charge is 0.370 e. The zero-order valence-corrected chi connectivity index (χ0v) is 15.0. The molecule has 0 aromatic heterocycles. The molecule has 0 radical (unpaired) electrons. The molecular weight excluding hydrogens is 312 g/mol. The van der Waals surface area contributed by atoms with Crippen molar-refractivity contribution in [2.24, 2.45) is 10.7 Å². The summed E-state index contributed by atoms with van der Waals surface area (Å²) in [5, 5.41) is 5.88. The maximum atomic E-state index is 11.0. The zero-order valence-electron chi connectivity index (χ0n) is 15.0. The van der Waals surface area contributed by atoms with E-state index in [1.165, 1.54) is 12.5 Å². The lowest BCUT2D eigenvalue weighted by Crippen LogP contribution is -2.23. The monoisotopic (exact) mass is 338 g/mol. The van der Waals surface area contributed by atoms with Gasteiger partial charge in [-0.25, -0.2) is 0 Å². The van der Waals surface area contributed by atoms with Crippen molar-refractivity contribution in [2.45, 2.75) is 33.1 Å². The number of amides is 1. The van der Waals surface area contributed by atoms with Crippen LogP contribution in [0.3, 0.4) is 0 Å². The highest BCUT2D eigenvalue weighted by Crippen LogP contribution is 2.18. The van der Waals surface area contributed by atoms with Gasteiger partial charge < -0.3 is 16.4 Å². The fraction of sp³-hybridized carbons (Fsp3) is 0.300. The molecule has 5 heteroatoms. The molecule has 0 aliphatic rings. The van der Waals surface area contributed by atoms with E-state index in [1.54, 1.807) is 0 Å². The van der Waals surface area contributed by atoms with Crippen LogP contribution in [0.4, 0.5) is 11.4 Å². The van der Waals surface area contributed by atoms with Crippen LogP contribution in [0.25, 0.3) is 0 Å². The first-order valence-corrected chi connectivity index (χ1v) is 8.47. The minimum absolute atomic E-state index is 0.0715. The predicted octanol–water partition coefficient (Wildman–Crippen LogP) is 3.74. The van der Waals surface area contributed by atoms with Gasteiger partial charge in [0.25, 0.3) is 0 Å². The number of hydrogen-bond donors (Lipinski definition) is 3. The zero-order chi connectivity index (χ0) is 18.2. The molecule has 0 aliphatic carbocycles. The van der Waals surface area contributed by atoms with Crippen molar-refractivity contribution in [1.29, 1.82) is 0 Å². The average molecular weight is 338 g/mol. The number of guanidine groups is 1. The van der Waals surface area contributed by atoms with Gasteiger partial charge >= 0.3 is 0 Å². The van der Waals surface area contributed by atoms with Crippen LogP contribution in [0.5, 0.6) is 0 Å². The third kappa shape index (κ3) is 6.30. The van der Waals surface area contributed by atoms with Crippen molar-refractivity contribution in [3.63, 3.8) is 0 Å².